The molecule has 2 aromatic heterocycles. The molecule has 0 atom stereocenters. The van der Waals surface area contributed by atoms with Crippen molar-refractivity contribution in [1.82, 2.24) is 9.97 Å². The van der Waals surface area contributed by atoms with Crippen LogP contribution in [0.1, 0.15) is 18.4 Å². The standard InChI is InChI=1S/C17H13F2N3OS/c1-9-3-2-4-11(18)15(9)12-7-14-13(8-20-12)21-17(24-14)22(19)16(23)10-5-6-10/h2-4,7-8,10H,5-6H2,1H3. The Labute approximate surface area is 140 Å². The van der Waals surface area contributed by atoms with Crippen LogP contribution in [-0.4, -0.2) is 15.9 Å². The van der Waals surface area contributed by atoms with Crippen LogP contribution < -0.4 is 5.12 Å². The van der Waals surface area contributed by atoms with Crippen molar-refractivity contribution in [2.75, 3.05) is 5.12 Å². The van der Waals surface area contributed by atoms with Crippen LogP contribution in [0.2, 0.25) is 0 Å². The predicted octanol–water partition coefficient (Wildman–Crippen LogP) is 4.43. The highest BCUT2D eigenvalue weighted by atomic mass is 32.1. The van der Waals surface area contributed by atoms with Gasteiger partial charge < -0.3 is 0 Å². The molecule has 0 aliphatic heterocycles. The Morgan fingerprint density at radius 2 is 2.17 bits per heavy atom. The van der Waals surface area contributed by atoms with E-state index in [0.29, 0.717) is 21.5 Å². The quantitative estimate of drug-likeness (QED) is 0.660. The fraction of sp³-hybridized carbons (Fsp3) is 0.235. The number of amides is 1. The van der Waals surface area contributed by atoms with Crippen LogP contribution in [0, 0.1) is 18.7 Å². The van der Waals surface area contributed by atoms with Gasteiger partial charge in [0.2, 0.25) is 5.13 Å². The van der Waals surface area contributed by atoms with Gasteiger partial charge in [-0.15, -0.1) is 5.12 Å². The number of aryl methyl sites for hydroxylation is 1. The summed E-state index contributed by atoms with van der Waals surface area (Å²) in [4.78, 5) is 20.2. The van der Waals surface area contributed by atoms with Gasteiger partial charge in [-0.25, -0.2) is 9.37 Å². The van der Waals surface area contributed by atoms with Crippen molar-refractivity contribution < 1.29 is 13.7 Å². The maximum atomic E-state index is 14.2. The smallest absolute Gasteiger partial charge is 0.260 e. The number of nitrogens with zero attached hydrogens (tertiary/aromatic N) is 3. The van der Waals surface area contributed by atoms with Crippen LogP contribution >= 0.6 is 11.3 Å². The van der Waals surface area contributed by atoms with E-state index < -0.39 is 5.91 Å². The van der Waals surface area contributed by atoms with E-state index in [9.17, 15) is 13.7 Å². The van der Waals surface area contributed by atoms with Crippen LogP contribution in [0.15, 0.2) is 30.5 Å². The molecule has 24 heavy (non-hydrogen) atoms. The fourth-order valence-electron chi connectivity index (χ4n) is 2.58. The largest absolute Gasteiger partial charge is 0.272 e. The second kappa shape index (κ2) is 5.59. The van der Waals surface area contributed by atoms with Gasteiger partial charge in [0.15, 0.2) is 0 Å². The van der Waals surface area contributed by atoms with Crippen LogP contribution in [0.4, 0.5) is 14.0 Å². The van der Waals surface area contributed by atoms with Crippen LogP contribution in [-0.2, 0) is 4.79 Å². The number of thiazole rings is 1. The highest BCUT2D eigenvalue weighted by molar-refractivity contribution is 7.22. The average Bonchev–Trinajstić information content (AvgIpc) is 3.32. The van der Waals surface area contributed by atoms with E-state index in [1.54, 1.807) is 25.1 Å². The zero-order valence-corrected chi connectivity index (χ0v) is 13.6. The third kappa shape index (κ3) is 2.54. The molecule has 7 heteroatoms. The Kier molecular flexibility index (Phi) is 3.53. The van der Waals surface area contributed by atoms with Gasteiger partial charge in [-0.05, 0) is 37.5 Å². The lowest BCUT2D eigenvalue weighted by Gasteiger charge is -2.06. The van der Waals surface area contributed by atoms with Crippen molar-refractivity contribution in [2.45, 2.75) is 19.8 Å². The third-order valence-corrected chi connectivity index (χ3v) is 5.01. The number of fused-ring (bicyclic) bond motifs is 1. The number of carbonyl (C=O) groups excluding carboxylic acids is 1. The summed E-state index contributed by atoms with van der Waals surface area (Å²) in [7, 11) is 0. The van der Waals surface area contributed by atoms with E-state index >= 15 is 0 Å². The summed E-state index contributed by atoms with van der Waals surface area (Å²) in [6, 6.07) is 6.50. The van der Waals surface area contributed by atoms with Gasteiger partial charge in [-0.3, -0.25) is 9.78 Å². The molecule has 1 aliphatic carbocycles. The summed E-state index contributed by atoms with van der Waals surface area (Å²) < 4.78 is 28.9. The van der Waals surface area contributed by atoms with Crippen molar-refractivity contribution >= 4 is 32.6 Å². The molecule has 0 N–H and O–H groups in total. The van der Waals surface area contributed by atoms with E-state index in [1.807, 2.05) is 0 Å². The van der Waals surface area contributed by atoms with Crippen molar-refractivity contribution in [3.8, 4) is 11.3 Å². The molecule has 0 saturated heterocycles. The number of halogens is 2. The molecule has 0 unspecified atom stereocenters. The molecular formula is C17H13F2N3OS. The lowest BCUT2D eigenvalue weighted by Crippen LogP contribution is -2.23. The SMILES string of the molecule is Cc1cccc(F)c1-c1cc2sc(N(F)C(=O)C3CC3)nc2cn1. The molecule has 0 bridgehead atoms. The minimum absolute atomic E-state index is 0.00824. The van der Waals surface area contributed by atoms with Crippen LogP contribution in [0.25, 0.3) is 21.5 Å². The van der Waals surface area contributed by atoms with Crippen molar-refractivity contribution in [3.63, 3.8) is 0 Å². The predicted molar refractivity (Wildman–Crippen MR) is 88.9 cm³/mol. The molecule has 1 fully saturated rings. The van der Waals surface area contributed by atoms with Crippen LogP contribution in [0.5, 0.6) is 0 Å². The zero-order valence-electron chi connectivity index (χ0n) is 12.8. The molecule has 4 rings (SSSR count). The number of hydrogen-bond acceptors (Lipinski definition) is 4. The molecule has 1 aliphatic rings. The maximum absolute atomic E-state index is 14.2. The van der Waals surface area contributed by atoms with Gasteiger partial charge in [-0.1, -0.05) is 28.0 Å². The van der Waals surface area contributed by atoms with E-state index in [-0.39, 0.29) is 22.0 Å². The first kappa shape index (κ1) is 15.1. The summed E-state index contributed by atoms with van der Waals surface area (Å²) in [6.07, 6.45) is 2.93. The maximum Gasteiger partial charge on any atom is 0.260 e. The van der Waals surface area contributed by atoms with Crippen molar-refractivity contribution in [1.29, 1.82) is 0 Å². The van der Waals surface area contributed by atoms with Gasteiger partial charge in [-0.2, -0.15) is 0 Å². The van der Waals surface area contributed by atoms with Crippen LogP contribution in [0.3, 0.4) is 0 Å². The number of anilines is 1. The monoisotopic (exact) mass is 345 g/mol. The molecule has 1 amide bonds. The van der Waals surface area contributed by atoms with E-state index in [0.717, 1.165) is 29.7 Å². The Morgan fingerprint density at radius 1 is 1.38 bits per heavy atom. The Hall–Kier alpha value is -2.41. The molecule has 1 saturated carbocycles. The van der Waals surface area contributed by atoms with Gasteiger partial charge in [0.05, 0.1) is 16.6 Å². The Bertz CT molecular complexity index is 932. The topological polar surface area (TPSA) is 46.1 Å². The lowest BCUT2D eigenvalue weighted by molar-refractivity contribution is -0.122. The second-order valence-electron chi connectivity index (χ2n) is 5.86. The molecule has 1 aromatic carbocycles. The Morgan fingerprint density at radius 3 is 2.88 bits per heavy atom. The molecule has 122 valence electrons. The number of benzene rings is 1. The lowest BCUT2D eigenvalue weighted by atomic mass is 10.0. The molecular weight excluding hydrogens is 332 g/mol. The zero-order chi connectivity index (χ0) is 16.8. The summed E-state index contributed by atoms with van der Waals surface area (Å²) >= 11 is 1.06. The minimum Gasteiger partial charge on any atom is -0.272 e. The molecule has 2 heterocycles. The van der Waals surface area contributed by atoms with Crippen molar-refractivity contribution in [2.24, 2.45) is 5.92 Å². The number of hydrogen-bond donors (Lipinski definition) is 0. The minimum atomic E-state index is -0.549. The second-order valence-corrected chi connectivity index (χ2v) is 6.87. The first-order valence-corrected chi connectivity index (χ1v) is 8.38. The number of pyridine rings is 1. The first-order valence-electron chi connectivity index (χ1n) is 7.56. The third-order valence-electron chi connectivity index (χ3n) is 4.03. The highest BCUT2D eigenvalue weighted by Crippen LogP contribution is 2.36. The average molecular weight is 345 g/mol. The van der Waals surface area contributed by atoms with Crippen molar-refractivity contribution in [3.05, 3.63) is 41.8 Å². The van der Waals surface area contributed by atoms with Gasteiger partial charge in [0.25, 0.3) is 5.91 Å². The van der Waals surface area contributed by atoms with E-state index in [2.05, 4.69) is 9.97 Å². The first-order chi connectivity index (χ1) is 11.5. The van der Waals surface area contributed by atoms with Gasteiger partial charge >= 0.3 is 0 Å². The fourth-order valence-corrected chi connectivity index (χ4v) is 3.47. The summed E-state index contributed by atoms with van der Waals surface area (Å²) in [5, 5.41) is 0.113. The molecule has 3 aromatic rings. The molecule has 4 nitrogen and oxygen atoms in total. The van der Waals surface area contributed by atoms with E-state index in [1.165, 1.54) is 12.3 Å². The number of aromatic nitrogens is 2. The molecule has 0 radical (unpaired) electrons. The molecule has 0 spiro atoms. The van der Waals surface area contributed by atoms with E-state index in [4.69, 9.17) is 0 Å². The number of carbonyl (C=O) groups is 1. The number of rotatable bonds is 3. The summed E-state index contributed by atoms with van der Waals surface area (Å²) in [5.41, 5.74) is 2.13. The summed E-state index contributed by atoms with van der Waals surface area (Å²) in [5.74, 6) is -1.13. The summed E-state index contributed by atoms with van der Waals surface area (Å²) in [6.45, 7) is 1.81. The highest BCUT2D eigenvalue weighted by Gasteiger charge is 2.35. The van der Waals surface area contributed by atoms with Gasteiger partial charge in [0, 0.05) is 11.5 Å². The van der Waals surface area contributed by atoms with Gasteiger partial charge in [0.1, 0.15) is 11.3 Å². The Balaban J connectivity index is 1.75. The normalized spacial score (nSPS) is 14.1.